The van der Waals surface area contributed by atoms with Gasteiger partial charge in [0.05, 0.1) is 0 Å². The molecule has 4 heteroatoms. The summed E-state index contributed by atoms with van der Waals surface area (Å²) in [4.78, 5) is 12.0. The third kappa shape index (κ3) is 2.32. The van der Waals surface area contributed by atoms with Crippen LogP contribution in [0.3, 0.4) is 0 Å². The van der Waals surface area contributed by atoms with Crippen molar-refractivity contribution in [2.75, 3.05) is 11.9 Å². The lowest BCUT2D eigenvalue weighted by Gasteiger charge is -2.06. The number of anilines is 1. The van der Waals surface area contributed by atoms with Gasteiger partial charge in [-0.25, -0.2) is 4.79 Å². The van der Waals surface area contributed by atoms with Gasteiger partial charge in [-0.05, 0) is 25.0 Å². The van der Waals surface area contributed by atoms with Gasteiger partial charge in [0.25, 0.3) is 0 Å². The molecule has 0 saturated heterocycles. The van der Waals surface area contributed by atoms with E-state index >= 15 is 0 Å². The van der Waals surface area contributed by atoms with E-state index in [1.807, 2.05) is 47.3 Å². The van der Waals surface area contributed by atoms with E-state index < -0.39 is 0 Å². The molecule has 94 valence electrons. The van der Waals surface area contributed by atoms with E-state index in [4.69, 9.17) is 0 Å². The maximum absolute atomic E-state index is 12.0. The third-order valence-corrected chi connectivity index (χ3v) is 3.27. The average Bonchev–Trinajstić information content (AvgIpc) is 3.17. The Morgan fingerprint density at radius 3 is 2.67 bits per heavy atom. The van der Waals surface area contributed by atoms with Gasteiger partial charge in [-0.3, -0.25) is 9.13 Å². The maximum atomic E-state index is 12.0. The second-order valence-corrected chi connectivity index (χ2v) is 4.71. The summed E-state index contributed by atoms with van der Waals surface area (Å²) in [5.41, 5.74) is 1.21. The van der Waals surface area contributed by atoms with E-state index in [1.54, 1.807) is 4.57 Å². The number of nitrogens with zero attached hydrogens (tertiary/aromatic N) is 2. The van der Waals surface area contributed by atoms with E-state index in [0.29, 0.717) is 12.6 Å². The van der Waals surface area contributed by atoms with Gasteiger partial charge in [0.2, 0.25) is 0 Å². The zero-order valence-electron chi connectivity index (χ0n) is 10.2. The van der Waals surface area contributed by atoms with Gasteiger partial charge in [-0.1, -0.05) is 18.2 Å². The lowest BCUT2D eigenvalue weighted by Crippen LogP contribution is -2.25. The first-order chi connectivity index (χ1) is 8.84. The molecule has 0 spiro atoms. The van der Waals surface area contributed by atoms with E-state index in [0.717, 1.165) is 25.1 Å². The van der Waals surface area contributed by atoms with Gasteiger partial charge in [0, 0.05) is 37.2 Å². The highest BCUT2D eigenvalue weighted by Crippen LogP contribution is 2.33. The third-order valence-electron chi connectivity index (χ3n) is 3.27. The maximum Gasteiger partial charge on any atom is 0.328 e. The van der Waals surface area contributed by atoms with E-state index in [1.165, 1.54) is 0 Å². The van der Waals surface area contributed by atoms with Crippen molar-refractivity contribution in [3.05, 3.63) is 53.2 Å². The number of hydrogen-bond acceptors (Lipinski definition) is 2. The van der Waals surface area contributed by atoms with Crippen LogP contribution in [0.1, 0.15) is 18.9 Å². The first kappa shape index (κ1) is 11.1. The largest absolute Gasteiger partial charge is 0.383 e. The molecular formula is C14H17N3O. The number of benzene rings is 1. The molecule has 1 saturated carbocycles. The van der Waals surface area contributed by atoms with Crippen LogP contribution in [0.25, 0.3) is 0 Å². The summed E-state index contributed by atoms with van der Waals surface area (Å²) < 4.78 is 3.62. The van der Waals surface area contributed by atoms with Gasteiger partial charge >= 0.3 is 5.69 Å². The van der Waals surface area contributed by atoms with Crippen LogP contribution in [-0.4, -0.2) is 15.7 Å². The van der Waals surface area contributed by atoms with Crippen LogP contribution in [0.5, 0.6) is 0 Å². The fraction of sp³-hybridized carbons (Fsp3) is 0.357. The van der Waals surface area contributed by atoms with Crippen LogP contribution >= 0.6 is 0 Å². The molecule has 0 amide bonds. The van der Waals surface area contributed by atoms with Gasteiger partial charge in [-0.15, -0.1) is 0 Å². The highest BCUT2D eigenvalue weighted by molar-refractivity contribution is 5.42. The molecule has 3 rings (SSSR count). The van der Waals surface area contributed by atoms with Crippen molar-refractivity contribution in [1.82, 2.24) is 9.13 Å². The first-order valence-electron chi connectivity index (χ1n) is 6.41. The molecule has 1 aromatic carbocycles. The van der Waals surface area contributed by atoms with Gasteiger partial charge in [-0.2, -0.15) is 0 Å². The Balaban J connectivity index is 1.59. The molecule has 1 aliphatic rings. The summed E-state index contributed by atoms with van der Waals surface area (Å²) in [6, 6.07) is 10.5. The molecule has 18 heavy (non-hydrogen) atoms. The Bertz CT molecular complexity index is 566. The van der Waals surface area contributed by atoms with Crippen molar-refractivity contribution in [2.45, 2.75) is 25.4 Å². The molecule has 1 N–H and O–H groups in total. The van der Waals surface area contributed by atoms with Crippen molar-refractivity contribution in [3.63, 3.8) is 0 Å². The molecular weight excluding hydrogens is 226 g/mol. The zero-order chi connectivity index (χ0) is 12.4. The van der Waals surface area contributed by atoms with Crippen molar-refractivity contribution < 1.29 is 0 Å². The Morgan fingerprint density at radius 2 is 1.94 bits per heavy atom. The number of aromatic nitrogens is 2. The van der Waals surface area contributed by atoms with E-state index in [9.17, 15) is 4.79 Å². The molecule has 0 atom stereocenters. The molecule has 1 aliphatic carbocycles. The minimum absolute atomic E-state index is 0.118. The molecule has 1 aromatic heterocycles. The van der Waals surface area contributed by atoms with Crippen LogP contribution in [0.15, 0.2) is 47.5 Å². The van der Waals surface area contributed by atoms with Crippen LogP contribution in [-0.2, 0) is 6.54 Å². The molecule has 0 radical (unpaired) electrons. The molecule has 4 nitrogen and oxygen atoms in total. The van der Waals surface area contributed by atoms with Crippen molar-refractivity contribution in [2.24, 2.45) is 0 Å². The Kier molecular flexibility index (Phi) is 2.92. The highest BCUT2D eigenvalue weighted by Gasteiger charge is 2.25. The highest BCUT2D eigenvalue weighted by atomic mass is 16.1. The monoisotopic (exact) mass is 243 g/mol. The number of rotatable bonds is 5. The summed E-state index contributed by atoms with van der Waals surface area (Å²) in [5.74, 6) is 0. The Hall–Kier alpha value is -1.97. The van der Waals surface area contributed by atoms with Crippen LogP contribution in [0, 0.1) is 0 Å². The van der Waals surface area contributed by atoms with Crippen molar-refractivity contribution in [3.8, 4) is 0 Å². The lowest BCUT2D eigenvalue weighted by molar-refractivity contribution is 0.633. The molecule has 2 aromatic rings. The predicted molar refractivity (Wildman–Crippen MR) is 71.9 cm³/mol. The Labute approximate surface area is 106 Å². The minimum Gasteiger partial charge on any atom is -0.383 e. The smallest absolute Gasteiger partial charge is 0.328 e. The van der Waals surface area contributed by atoms with Gasteiger partial charge in [0.15, 0.2) is 0 Å². The number of imidazole rings is 1. The quantitative estimate of drug-likeness (QED) is 0.873. The summed E-state index contributed by atoms with van der Waals surface area (Å²) in [6.45, 7) is 1.46. The molecule has 0 bridgehead atoms. The van der Waals surface area contributed by atoms with Gasteiger partial charge in [0.1, 0.15) is 0 Å². The second kappa shape index (κ2) is 4.72. The molecule has 0 aliphatic heterocycles. The SMILES string of the molecule is O=c1n(CCNc2ccccc2)ccn1C1CC1. The number of hydrogen-bond donors (Lipinski definition) is 1. The Morgan fingerprint density at radius 1 is 1.17 bits per heavy atom. The second-order valence-electron chi connectivity index (χ2n) is 4.71. The standard InChI is InChI=1S/C14H17N3O/c18-14-16(10-11-17(14)13-6-7-13)9-8-15-12-4-2-1-3-5-12/h1-5,10-11,13,15H,6-9H2. The zero-order valence-corrected chi connectivity index (χ0v) is 10.2. The average molecular weight is 243 g/mol. The topological polar surface area (TPSA) is 39.0 Å². The van der Waals surface area contributed by atoms with E-state index in [-0.39, 0.29) is 5.69 Å². The fourth-order valence-corrected chi connectivity index (χ4v) is 2.11. The lowest BCUT2D eigenvalue weighted by atomic mass is 10.3. The van der Waals surface area contributed by atoms with Crippen LogP contribution in [0.4, 0.5) is 5.69 Å². The summed E-state index contributed by atoms with van der Waals surface area (Å²) in [5, 5.41) is 3.31. The fourth-order valence-electron chi connectivity index (χ4n) is 2.11. The summed E-state index contributed by atoms with van der Waals surface area (Å²) in [7, 11) is 0. The van der Waals surface area contributed by atoms with Gasteiger partial charge < -0.3 is 5.32 Å². The van der Waals surface area contributed by atoms with Crippen molar-refractivity contribution >= 4 is 5.69 Å². The van der Waals surface area contributed by atoms with Crippen LogP contribution < -0.4 is 11.0 Å². The molecule has 1 fully saturated rings. The normalized spacial score (nSPS) is 14.7. The first-order valence-corrected chi connectivity index (χ1v) is 6.41. The van der Waals surface area contributed by atoms with Crippen LogP contribution in [0.2, 0.25) is 0 Å². The molecule has 1 heterocycles. The van der Waals surface area contributed by atoms with Crippen molar-refractivity contribution in [1.29, 1.82) is 0 Å². The van der Waals surface area contributed by atoms with E-state index in [2.05, 4.69) is 5.32 Å². The minimum atomic E-state index is 0.118. The number of nitrogens with one attached hydrogen (secondary N) is 1. The summed E-state index contributed by atoms with van der Waals surface area (Å²) >= 11 is 0. The predicted octanol–water partition coefficient (Wildman–Crippen LogP) is 2.10. The molecule has 0 unspecified atom stereocenters. The number of para-hydroxylation sites is 1. The summed E-state index contributed by atoms with van der Waals surface area (Å²) in [6.07, 6.45) is 6.08.